The Morgan fingerprint density at radius 2 is 2.13 bits per heavy atom. The number of hydrogen-bond donors (Lipinski definition) is 2. The van der Waals surface area contributed by atoms with Gasteiger partial charge in [-0.15, -0.1) is 0 Å². The van der Waals surface area contributed by atoms with E-state index in [1.165, 1.54) is 0 Å². The van der Waals surface area contributed by atoms with Crippen LogP contribution >= 0.6 is 15.9 Å². The largest absolute Gasteiger partial charge is 0.338 e. The number of nitrogens with one attached hydrogen (secondary N) is 2. The SMILES string of the molecule is CCNC(=O)Nc1c(F)cc(F)cc1Br. The molecule has 6 heteroatoms. The summed E-state index contributed by atoms with van der Waals surface area (Å²) in [5.74, 6) is -1.53. The average Bonchev–Trinajstić information content (AvgIpc) is 2.11. The topological polar surface area (TPSA) is 41.1 Å². The quantitative estimate of drug-likeness (QED) is 0.858. The molecule has 0 aliphatic carbocycles. The van der Waals surface area contributed by atoms with Gasteiger partial charge in [-0.05, 0) is 28.9 Å². The molecule has 0 aliphatic heterocycles. The first-order valence-corrected chi connectivity index (χ1v) is 5.03. The van der Waals surface area contributed by atoms with Gasteiger partial charge in [0.15, 0.2) is 5.82 Å². The number of carbonyl (C=O) groups excluding carboxylic acids is 1. The summed E-state index contributed by atoms with van der Waals surface area (Å²) in [5.41, 5.74) is -0.0812. The molecule has 0 saturated heterocycles. The van der Waals surface area contributed by atoms with Crippen LogP contribution < -0.4 is 10.6 Å². The highest BCUT2D eigenvalue weighted by Gasteiger charge is 2.11. The van der Waals surface area contributed by atoms with Crippen molar-refractivity contribution in [3.05, 3.63) is 28.2 Å². The van der Waals surface area contributed by atoms with Crippen LogP contribution in [-0.2, 0) is 0 Å². The first-order chi connectivity index (χ1) is 7.04. The van der Waals surface area contributed by atoms with E-state index in [4.69, 9.17) is 0 Å². The molecule has 82 valence electrons. The maximum Gasteiger partial charge on any atom is 0.319 e. The van der Waals surface area contributed by atoms with E-state index in [1.807, 2.05) is 0 Å². The number of hydrogen-bond acceptors (Lipinski definition) is 1. The van der Waals surface area contributed by atoms with E-state index in [0.717, 1.165) is 6.07 Å². The molecule has 1 aromatic carbocycles. The predicted molar refractivity (Wildman–Crippen MR) is 56.8 cm³/mol. The Bertz CT molecular complexity index is 361. The fourth-order valence-electron chi connectivity index (χ4n) is 0.980. The van der Waals surface area contributed by atoms with Crippen molar-refractivity contribution in [1.82, 2.24) is 5.32 Å². The number of halogens is 3. The molecule has 3 nitrogen and oxygen atoms in total. The summed E-state index contributed by atoms with van der Waals surface area (Å²) in [4.78, 5) is 11.1. The molecular weight excluding hydrogens is 270 g/mol. The Morgan fingerprint density at radius 1 is 1.47 bits per heavy atom. The van der Waals surface area contributed by atoms with E-state index in [0.29, 0.717) is 12.6 Å². The maximum atomic E-state index is 13.2. The fourth-order valence-corrected chi connectivity index (χ4v) is 1.49. The molecule has 0 radical (unpaired) electrons. The molecule has 0 atom stereocenters. The van der Waals surface area contributed by atoms with Crippen LogP contribution in [0.1, 0.15) is 6.92 Å². The van der Waals surface area contributed by atoms with E-state index < -0.39 is 17.7 Å². The summed E-state index contributed by atoms with van der Waals surface area (Å²) in [7, 11) is 0. The first-order valence-electron chi connectivity index (χ1n) is 4.24. The van der Waals surface area contributed by atoms with E-state index in [1.54, 1.807) is 6.92 Å². The Kier molecular flexibility index (Phi) is 4.02. The monoisotopic (exact) mass is 278 g/mol. The molecule has 2 N–H and O–H groups in total. The first kappa shape index (κ1) is 11.9. The highest BCUT2D eigenvalue weighted by Crippen LogP contribution is 2.26. The molecule has 1 aromatic rings. The predicted octanol–water partition coefficient (Wildman–Crippen LogP) is 2.87. The summed E-state index contributed by atoms with van der Waals surface area (Å²) in [6, 6.07) is 1.24. The second-order valence-electron chi connectivity index (χ2n) is 2.73. The van der Waals surface area contributed by atoms with Gasteiger partial charge >= 0.3 is 6.03 Å². The molecule has 15 heavy (non-hydrogen) atoms. The molecule has 0 saturated carbocycles. The zero-order chi connectivity index (χ0) is 11.4. The average molecular weight is 279 g/mol. The number of rotatable bonds is 2. The lowest BCUT2D eigenvalue weighted by Gasteiger charge is -2.08. The Labute approximate surface area is 94.0 Å². The van der Waals surface area contributed by atoms with Gasteiger partial charge in [0.25, 0.3) is 0 Å². The lowest BCUT2D eigenvalue weighted by molar-refractivity contribution is 0.252. The molecule has 1 rings (SSSR count). The van der Waals surface area contributed by atoms with Crippen molar-refractivity contribution in [2.24, 2.45) is 0 Å². The molecule has 0 bridgehead atoms. The van der Waals surface area contributed by atoms with Gasteiger partial charge in [0, 0.05) is 17.1 Å². The lowest BCUT2D eigenvalue weighted by Crippen LogP contribution is -2.28. The van der Waals surface area contributed by atoms with Crippen molar-refractivity contribution in [1.29, 1.82) is 0 Å². The standard InChI is InChI=1S/C9H9BrF2N2O/c1-2-13-9(15)14-8-6(10)3-5(11)4-7(8)12/h3-4H,2H2,1H3,(H2,13,14,15). The van der Waals surface area contributed by atoms with Crippen molar-refractivity contribution >= 4 is 27.6 Å². The molecular formula is C9H9BrF2N2O. The van der Waals surface area contributed by atoms with Crippen LogP contribution in [-0.4, -0.2) is 12.6 Å². The number of anilines is 1. The van der Waals surface area contributed by atoms with E-state index in [2.05, 4.69) is 26.6 Å². The van der Waals surface area contributed by atoms with Gasteiger partial charge in [-0.2, -0.15) is 0 Å². The van der Waals surface area contributed by atoms with Gasteiger partial charge in [-0.25, -0.2) is 13.6 Å². The van der Waals surface area contributed by atoms with Gasteiger partial charge in [0.2, 0.25) is 0 Å². The van der Waals surface area contributed by atoms with E-state index >= 15 is 0 Å². The second-order valence-corrected chi connectivity index (χ2v) is 3.58. The molecule has 0 spiro atoms. The maximum absolute atomic E-state index is 13.2. The van der Waals surface area contributed by atoms with Gasteiger partial charge in [-0.3, -0.25) is 0 Å². The number of carbonyl (C=O) groups is 1. The smallest absolute Gasteiger partial charge is 0.319 e. The van der Waals surface area contributed by atoms with Crippen molar-refractivity contribution < 1.29 is 13.6 Å². The lowest BCUT2D eigenvalue weighted by atomic mass is 10.3. The van der Waals surface area contributed by atoms with Gasteiger partial charge in [-0.1, -0.05) is 0 Å². The number of benzene rings is 1. The highest BCUT2D eigenvalue weighted by molar-refractivity contribution is 9.10. The zero-order valence-electron chi connectivity index (χ0n) is 7.90. The van der Waals surface area contributed by atoms with Crippen LogP contribution in [0.5, 0.6) is 0 Å². The van der Waals surface area contributed by atoms with E-state index in [-0.39, 0.29) is 10.2 Å². The highest BCUT2D eigenvalue weighted by atomic mass is 79.9. The third kappa shape index (κ3) is 3.16. The van der Waals surface area contributed by atoms with Gasteiger partial charge in [0.05, 0.1) is 5.69 Å². The van der Waals surface area contributed by atoms with Crippen LogP contribution in [0.2, 0.25) is 0 Å². The summed E-state index contributed by atoms with van der Waals surface area (Å²) in [5, 5.41) is 4.70. The molecule has 0 aliphatic rings. The van der Waals surface area contributed by atoms with Crippen LogP contribution in [0.4, 0.5) is 19.3 Å². The fraction of sp³-hybridized carbons (Fsp3) is 0.222. The van der Waals surface area contributed by atoms with Crippen molar-refractivity contribution in [3.8, 4) is 0 Å². The summed E-state index contributed by atoms with van der Waals surface area (Å²) < 4.78 is 26.1. The minimum Gasteiger partial charge on any atom is -0.338 e. The van der Waals surface area contributed by atoms with Gasteiger partial charge < -0.3 is 10.6 Å². The molecule has 0 aromatic heterocycles. The summed E-state index contributed by atoms with van der Waals surface area (Å²) in [6.07, 6.45) is 0. The van der Waals surface area contributed by atoms with Crippen molar-refractivity contribution in [3.63, 3.8) is 0 Å². The van der Waals surface area contributed by atoms with Crippen LogP contribution in [0, 0.1) is 11.6 Å². The molecule has 0 unspecified atom stereocenters. The minimum absolute atomic E-state index is 0.0812. The van der Waals surface area contributed by atoms with Crippen molar-refractivity contribution in [2.75, 3.05) is 11.9 Å². The third-order valence-corrected chi connectivity index (χ3v) is 2.21. The Balaban J connectivity index is 2.90. The van der Waals surface area contributed by atoms with Gasteiger partial charge in [0.1, 0.15) is 5.82 Å². The molecule has 0 fully saturated rings. The second kappa shape index (κ2) is 5.06. The normalized spacial score (nSPS) is 9.87. The molecule has 2 amide bonds. The van der Waals surface area contributed by atoms with Crippen LogP contribution in [0.3, 0.4) is 0 Å². The Hall–Kier alpha value is -1.17. The van der Waals surface area contributed by atoms with E-state index in [9.17, 15) is 13.6 Å². The summed E-state index contributed by atoms with van der Waals surface area (Å²) >= 11 is 2.96. The van der Waals surface area contributed by atoms with Crippen LogP contribution in [0.25, 0.3) is 0 Å². The van der Waals surface area contributed by atoms with Crippen molar-refractivity contribution in [2.45, 2.75) is 6.92 Å². The minimum atomic E-state index is -0.826. The Morgan fingerprint density at radius 3 is 2.67 bits per heavy atom. The number of amides is 2. The third-order valence-electron chi connectivity index (χ3n) is 1.58. The number of urea groups is 1. The van der Waals surface area contributed by atoms with Crippen LogP contribution in [0.15, 0.2) is 16.6 Å². The zero-order valence-corrected chi connectivity index (χ0v) is 9.49. The molecule has 0 heterocycles. The summed E-state index contributed by atoms with van der Waals surface area (Å²) in [6.45, 7) is 2.15.